The second-order valence-electron chi connectivity index (χ2n) is 24.1. The number of hydroxylamine groups is 4. The summed E-state index contributed by atoms with van der Waals surface area (Å²) in [5.74, 6) is -6.60. The van der Waals surface area contributed by atoms with Crippen LogP contribution in [0.2, 0.25) is 0 Å². The van der Waals surface area contributed by atoms with E-state index in [4.69, 9.17) is 50.7 Å². The molecule has 0 saturated carbocycles. The van der Waals surface area contributed by atoms with Gasteiger partial charge in [-0.1, -0.05) is 22.4 Å². The first-order chi connectivity index (χ1) is 43.9. The van der Waals surface area contributed by atoms with Crippen molar-refractivity contribution in [1.29, 1.82) is 0 Å². The lowest BCUT2D eigenvalue weighted by molar-refractivity contribution is -0.753. The number of nitrogens with two attached hydrogens (primary N) is 4. The molecule has 12 N–H and O–H groups in total. The fourth-order valence-corrected chi connectivity index (χ4v) is 13.1. The molecular weight excluding hydrogens is 1270 g/mol. The number of nitrogens with zero attached hydrogens (tertiary/aromatic N) is 10. The predicted octanol–water partition coefficient (Wildman–Crippen LogP) is 0.983. The number of aromatic nitrogens is 6. The summed E-state index contributed by atoms with van der Waals surface area (Å²) in [4.78, 5) is 102. The Balaban J connectivity index is 0.773. The summed E-state index contributed by atoms with van der Waals surface area (Å²) >= 11 is 1.84. The Morgan fingerprint density at radius 2 is 1.08 bits per heavy atom. The van der Waals surface area contributed by atoms with E-state index in [2.05, 4.69) is 30.9 Å². The van der Waals surface area contributed by atoms with Gasteiger partial charge in [-0.15, -0.1) is 40.6 Å². The van der Waals surface area contributed by atoms with Crippen LogP contribution in [0.3, 0.4) is 0 Å². The molecule has 8 heterocycles. The standard InChI is InChI=1S/C58H70N16O16S3/c1-55(2)45(65-47(75)43(37-29-91-53(61)63-37)67-87-57(5,51(79)80)41-17-13-33-23-31(11-15-39(33)85-41)35-25-69(7)71(27-35)21-9-19-59)49(77)73(55)89-93(83,84)90-74-50(78)46(56(74,3)4)66-48(76)44(38-30-92-54(62)64-38)68-88-58(6,52(81)82)42-18-14-34-24-32(12-16-40(34)86-42)36-26-70(8)72(28-36)22-10-20-60/h11-12,15-16,23-30,41-42,45-46H,9-10,13-14,17-22,59-60H2,1-8H3,(H6-2,61,62,63,64,65,66,75,76,79,80,81,82)/p+2/b67-43-,68-44-/t41-,42-,45-,46-,57+,58+/m1/s1. The first-order valence-corrected chi connectivity index (χ1v) is 32.5. The highest BCUT2D eigenvalue weighted by atomic mass is 32.3. The van der Waals surface area contributed by atoms with Crippen molar-refractivity contribution < 1.29 is 84.5 Å². The topological polar surface area (TPSA) is 435 Å². The lowest BCUT2D eigenvalue weighted by atomic mass is 9.84. The zero-order valence-corrected chi connectivity index (χ0v) is 54.4. The number of benzene rings is 2. The molecule has 35 heteroatoms. The Morgan fingerprint density at radius 3 is 1.41 bits per heavy atom. The molecule has 0 bridgehead atoms. The fourth-order valence-electron chi connectivity index (χ4n) is 11.1. The van der Waals surface area contributed by atoms with Crippen molar-refractivity contribution in [3.05, 3.63) is 94.5 Å². The summed E-state index contributed by atoms with van der Waals surface area (Å²) in [5, 5.41) is 37.6. The number of amides is 4. The van der Waals surface area contributed by atoms with E-state index in [0.717, 1.165) is 82.0 Å². The zero-order valence-electron chi connectivity index (χ0n) is 51.9. The Morgan fingerprint density at radius 1 is 0.688 bits per heavy atom. The number of oxime groups is 2. The maximum Gasteiger partial charge on any atom is 0.442 e. The van der Waals surface area contributed by atoms with E-state index in [-0.39, 0.29) is 34.5 Å². The zero-order chi connectivity index (χ0) is 67.3. The molecule has 0 spiro atoms. The largest absolute Gasteiger partial charge is 0.485 e. The summed E-state index contributed by atoms with van der Waals surface area (Å²) in [6.45, 7) is 10.4. The van der Waals surface area contributed by atoms with Gasteiger partial charge in [0.2, 0.25) is 12.4 Å². The molecule has 10 rings (SSSR count). The molecule has 0 aliphatic carbocycles. The van der Waals surface area contributed by atoms with Crippen LogP contribution in [0.25, 0.3) is 22.3 Å². The molecule has 4 aliphatic rings. The van der Waals surface area contributed by atoms with Crippen molar-refractivity contribution in [1.82, 2.24) is 40.1 Å². The summed E-state index contributed by atoms with van der Waals surface area (Å²) < 4.78 is 57.9. The normalized spacial score (nSPS) is 20.5. The third kappa shape index (κ3) is 13.2. The minimum absolute atomic E-state index is 0.00372. The molecule has 6 atom stereocenters. The molecular formula is C58H72N16O16S3+2. The van der Waals surface area contributed by atoms with Gasteiger partial charge in [0, 0.05) is 10.8 Å². The highest BCUT2D eigenvalue weighted by Crippen LogP contribution is 2.40. The molecule has 496 valence electrons. The minimum Gasteiger partial charge on any atom is -0.485 e. The van der Waals surface area contributed by atoms with Crippen LogP contribution in [-0.2, 0) is 97.4 Å². The number of rotatable bonds is 26. The summed E-state index contributed by atoms with van der Waals surface area (Å²) in [6, 6.07) is 8.05. The fraction of sp³-hybridized carbons (Fsp3) is 0.448. The Bertz CT molecular complexity index is 3870. The number of carboxylic acids is 2. The van der Waals surface area contributed by atoms with E-state index in [0.29, 0.717) is 47.6 Å². The van der Waals surface area contributed by atoms with Gasteiger partial charge < -0.3 is 62.9 Å². The van der Waals surface area contributed by atoms with Crippen molar-refractivity contribution in [3.8, 4) is 33.8 Å². The summed E-state index contributed by atoms with van der Waals surface area (Å²) in [7, 11) is -1.52. The second-order valence-corrected chi connectivity index (χ2v) is 27.0. The first-order valence-electron chi connectivity index (χ1n) is 29.4. The molecule has 0 radical (unpaired) electrons. The molecule has 93 heavy (non-hydrogen) atoms. The third-order valence-electron chi connectivity index (χ3n) is 16.8. The molecule has 2 fully saturated rings. The summed E-state index contributed by atoms with van der Waals surface area (Å²) in [5.41, 5.74) is 19.4. The lowest BCUT2D eigenvalue weighted by Crippen LogP contribution is -2.78. The quantitative estimate of drug-likeness (QED) is 0.0162. The Kier molecular flexibility index (Phi) is 18.5. The van der Waals surface area contributed by atoms with Crippen LogP contribution in [0.1, 0.15) is 89.7 Å². The number of carbonyl (C=O) groups is 6. The Labute approximate surface area is 540 Å². The lowest BCUT2D eigenvalue weighted by Gasteiger charge is -2.52. The van der Waals surface area contributed by atoms with Gasteiger partial charge in [-0.05, 0) is 140 Å². The highest BCUT2D eigenvalue weighted by Gasteiger charge is 2.62. The number of thiazole rings is 2. The van der Waals surface area contributed by atoms with Crippen molar-refractivity contribution in [2.24, 2.45) is 35.9 Å². The second kappa shape index (κ2) is 25.8. The number of β-lactam (4-membered cyclic amide) rings is 2. The van der Waals surface area contributed by atoms with Crippen LogP contribution in [0, 0.1) is 0 Å². The average molecular weight is 1350 g/mol. The number of nitrogen functional groups attached to an aromatic ring is 2. The van der Waals surface area contributed by atoms with Crippen molar-refractivity contribution in [2.45, 2.75) is 140 Å². The van der Waals surface area contributed by atoms with Crippen LogP contribution in [0.5, 0.6) is 11.5 Å². The SMILES string of the molecule is C[n+]1cc(-c2ccc3c(c2)CC[C@H]([C@](C)(O/N=C(\C(=O)N[C@@H]2C(=O)N(OS(=O)(=O)ON4C(=O)[C@@H](NC(=O)/C(=N\O[C@](C)(C(=O)O)[C@H]5CCc6cc(-c7cn(CCCN)[n+](C)c7)ccc6O5)c5csc(N)n5)C4(C)C)C2(C)C)c2csc(N)n2)C(=O)O)O3)cn1CCCN. The maximum atomic E-state index is 14.2. The molecule has 2 aromatic carbocycles. The van der Waals surface area contributed by atoms with Crippen molar-refractivity contribution >= 4 is 90.3 Å². The molecule has 32 nitrogen and oxygen atoms in total. The number of hydrogen-bond donors (Lipinski definition) is 8. The van der Waals surface area contributed by atoms with Crippen molar-refractivity contribution in [2.75, 3.05) is 24.6 Å². The van der Waals surface area contributed by atoms with Gasteiger partial charge in [0.25, 0.3) is 34.8 Å². The number of fused-ring (bicyclic) bond motifs is 2. The number of hydrogen-bond acceptors (Lipinski definition) is 24. The van der Waals surface area contributed by atoms with Crippen molar-refractivity contribution in [3.63, 3.8) is 0 Å². The molecule has 2 saturated heterocycles. The van der Waals surface area contributed by atoms with Gasteiger partial charge in [-0.3, -0.25) is 19.2 Å². The smallest absolute Gasteiger partial charge is 0.442 e. The van der Waals surface area contributed by atoms with E-state index >= 15 is 0 Å². The highest BCUT2D eigenvalue weighted by molar-refractivity contribution is 7.81. The number of nitrogens with one attached hydrogen (secondary N) is 2. The van der Waals surface area contributed by atoms with Crippen LogP contribution in [0.4, 0.5) is 10.3 Å². The first kappa shape index (κ1) is 66.8. The van der Waals surface area contributed by atoms with Gasteiger partial charge in [-0.25, -0.2) is 19.6 Å². The van der Waals surface area contributed by atoms with Crippen LogP contribution in [0.15, 0.2) is 82.3 Å². The number of aryl methyl sites for hydroxylation is 6. The van der Waals surface area contributed by atoms with E-state index < -0.39 is 104 Å². The number of anilines is 2. The summed E-state index contributed by atoms with van der Waals surface area (Å²) in [6.07, 6.45) is 8.45. The van der Waals surface area contributed by atoms with E-state index in [1.807, 2.05) is 81.9 Å². The number of ether oxygens (including phenoxy) is 2. The third-order valence-corrected chi connectivity index (χ3v) is 18.8. The number of carboxylic acid groups (broad SMARTS) is 2. The van der Waals surface area contributed by atoms with Gasteiger partial charge in [-0.2, -0.15) is 27.9 Å². The van der Waals surface area contributed by atoms with Crippen LogP contribution < -0.4 is 52.4 Å². The molecule has 4 amide bonds. The number of carbonyl (C=O) groups excluding carboxylic acids is 4. The van der Waals surface area contributed by atoms with Gasteiger partial charge in [0.15, 0.2) is 48.0 Å². The molecule has 0 unspecified atom stereocenters. The monoisotopic (exact) mass is 1340 g/mol. The van der Waals surface area contributed by atoms with E-state index in [1.165, 1.54) is 52.3 Å². The van der Waals surface area contributed by atoms with Gasteiger partial charge >= 0.3 is 22.3 Å². The maximum absolute atomic E-state index is 14.2. The van der Waals surface area contributed by atoms with E-state index in [9.17, 15) is 47.4 Å². The molecule has 4 aromatic heterocycles. The molecule has 4 aliphatic heterocycles. The minimum atomic E-state index is -5.38. The van der Waals surface area contributed by atoms with E-state index in [1.54, 1.807) is 12.1 Å². The van der Waals surface area contributed by atoms with Gasteiger partial charge in [0.1, 0.15) is 35.0 Å². The molecule has 6 aromatic rings. The predicted molar refractivity (Wildman–Crippen MR) is 332 cm³/mol. The Hall–Kier alpha value is -9.13. The van der Waals surface area contributed by atoms with Crippen LogP contribution >= 0.6 is 22.7 Å². The van der Waals surface area contributed by atoms with Crippen LogP contribution in [-0.4, -0.2) is 155 Å². The van der Waals surface area contributed by atoms with Gasteiger partial charge in [0.05, 0.1) is 47.7 Å². The average Bonchev–Trinajstić information content (AvgIpc) is 1.33. The number of aliphatic carboxylic acids is 2.